The molecule has 1 fully saturated rings. The number of carboxylic acid groups (broad SMARTS) is 1. The van der Waals surface area contributed by atoms with E-state index < -0.39 is 29.2 Å². The molecule has 4 rings (SSSR count). The molecule has 2 aliphatic rings. The maximum atomic E-state index is 13.0. The zero-order valence-corrected chi connectivity index (χ0v) is 21.3. The van der Waals surface area contributed by atoms with Crippen molar-refractivity contribution in [2.75, 3.05) is 37.1 Å². The predicted molar refractivity (Wildman–Crippen MR) is 131 cm³/mol. The number of carboxylic acids is 1. The van der Waals surface area contributed by atoms with E-state index in [1.807, 2.05) is 0 Å². The van der Waals surface area contributed by atoms with Crippen LogP contribution in [0.1, 0.15) is 5.69 Å². The van der Waals surface area contributed by atoms with Crippen LogP contribution in [0.25, 0.3) is 0 Å². The quantitative estimate of drug-likeness (QED) is 0.0607. The number of fused-ring (bicyclic) bond motifs is 1. The maximum Gasteiger partial charge on any atom is 0.352 e. The number of tetrazole rings is 1. The molecule has 2 aliphatic heterocycles. The lowest BCUT2D eigenvalue weighted by Gasteiger charge is -2.49. The minimum Gasteiger partial charge on any atom is -0.477 e. The van der Waals surface area contributed by atoms with E-state index >= 15 is 0 Å². The molecule has 0 aliphatic carbocycles. The summed E-state index contributed by atoms with van der Waals surface area (Å²) in [5.74, 6) is -2.13. The smallest absolute Gasteiger partial charge is 0.352 e. The molecule has 1 unspecified atom stereocenters. The maximum absolute atomic E-state index is 13.0. The van der Waals surface area contributed by atoms with E-state index in [4.69, 9.17) is 20.8 Å². The molecular formula is C18H21N9O7S3. The van der Waals surface area contributed by atoms with E-state index in [1.165, 1.54) is 33.6 Å². The summed E-state index contributed by atoms with van der Waals surface area (Å²) in [7, 11) is 0. The Hall–Kier alpha value is -3.26. The van der Waals surface area contributed by atoms with Gasteiger partial charge in [-0.05, 0) is 16.0 Å². The molecule has 6 N–H and O–H groups in total. The van der Waals surface area contributed by atoms with Crippen LogP contribution in [0, 0.1) is 0 Å². The van der Waals surface area contributed by atoms with Crippen LogP contribution in [-0.4, -0.2) is 112 Å². The molecule has 2 aromatic rings. The molecule has 2 aromatic heterocycles. The van der Waals surface area contributed by atoms with Crippen LogP contribution >= 0.6 is 34.9 Å². The van der Waals surface area contributed by atoms with Crippen LogP contribution < -0.4 is 11.1 Å². The van der Waals surface area contributed by atoms with Gasteiger partial charge in [-0.1, -0.05) is 16.9 Å². The number of hydrogen-bond acceptors (Lipinski definition) is 15. The largest absolute Gasteiger partial charge is 0.477 e. The number of aliphatic hydroxyl groups excluding tert-OH is 2. The first-order valence-electron chi connectivity index (χ1n) is 10.6. The third-order valence-corrected chi connectivity index (χ3v) is 8.10. The van der Waals surface area contributed by atoms with Crippen LogP contribution in [0.3, 0.4) is 0 Å². The lowest BCUT2D eigenvalue weighted by atomic mass is 10.0. The normalized spacial score (nSPS) is 19.5. The second kappa shape index (κ2) is 11.9. The van der Waals surface area contributed by atoms with Gasteiger partial charge in [0.2, 0.25) is 5.16 Å². The minimum absolute atomic E-state index is 0.131. The number of aliphatic hydroxyl groups is 2. The first-order chi connectivity index (χ1) is 17.8. The first-order valence-corrected chi connectivity index (χ1v) is 13.5. The number of rotatable bonds is 12. The van der Waals surface area contributed by atoms with Crippen molar-refractivity contribution in [3.05, 3.63) is 22.3 Å². The predicted octanol–water partition coefficient (Wildman–Crippen LogP) is -2.05. The molecule has 16 nitrogen and oxygen atoms in total. The van der Waals surface area contributed by atoms with E-state index in [0.29, 0.717) is 16.5 Å². The van der Waals surface area contributed by atoms with Gasteiger partial charge in [0, 0.05) is 16.9 Å². The van der Waals surface area contributed by atoms with Crippen molar-refractivity contribution in [3.63, 3.8) is 0 Å². The van der Waals surface area contributed by atoms with Crippen LogP contribution in [0.15, 0.2) is 27.0 Å². The number of hydrogen-bond donors (Lipinski definition) is 5. The van der Waals surface area contributed by atoms with Crippen molar-refractivity contribution >= 4 is 63.5 Å². The molecule has 1 saturated heterocycles. The summed E-state index contributed by atoms with van der Waals surface area (Å²) in [6.07, 6.45) is 0. The lowest BCUT2D eigenvalue weighted by Crippen LogP contribution is -2.71. The van der Waals surface area contributed by atoms with Crippen molar-refractivity contribution in [1.29, 1.82) is 0 Å². The zero-order valence-electron chi connectivity index (χ0n) is 18.9. The topological polar surface area (TPSA) is 231 Å². The number of nitrogens with zero attached hydrogens (tertiary/aromatic N) is 7. The molecule has 2 amide bonds. The number of amides is 2. The molecule has 0 radical (unpaired) electrons. The lowest BCUT2D eigenvalue weighted by molar-refractivity contribution is -0.150. The van der Waals surface area contributed by atoms with E-state index in [1.54, 1.807) is 0 Å². The summed E-state index contributed by atoms with van der Waals surface area (Å²) in [6, 6.07) is -1.00. The summed E-state index contributed by atoms with van der Waals surface area (Å²) >= 11 is 3.56. The van der Waals surface area contributed by atoms with Gasteiger partial charge in [0.25, 0.3) is 11.8 Å². The fourth-order valence-corrected chi connectivity index (χ4v) is 6.38. The van der Waals surface area contributed by atoms with Crippen molar-refractivity contribution in [2.45, 2.75) is 23.1 Å². The van der Waals surface area contributed by atoms with Crippen molar-refractivity contribution in [2.24, 2.45) is 5.16 Å². The van der Waals surface area contributed by atoms with Gasteiger partial charge in [0.05, 0.1) is 19.8 Å². The van der Waals surface area contributed by atoms with Crippen molar-refractivity contribution < 1.29 is 34.5 Å². The Morgan fingerprint density at radius 1 is 1.35 bits per heavy atom. The fraction of sp³-hybridized carbons (Fsp3) is 0.444. The van der Waals surface area contributed by atoms with Gasteiger partial charge in [0.1, 0.15) is 29.4 Å². The summed E-state index contributed by atoms with van der Waals surface area (Å²) < 4.78 is 1.39. The number of carbonyl (C=O) groups excluding carboxylic acids is 2. The Labute approximate surface area is 220 Å². The number of nitrogen functional groups attached to an aromatic ring is 1. The number of anilines is 1. The van der Waals surface area contributed by atoms with Gasteiger partial charge in [0.15, 0.2) is 10.8 Å². The first kappa shape index (κ1) is 26.8. The van der Waals surface area contributed by atoms with Crippen LogP contribution in [0.2, 0.25) is 0 Å². The highest BCUT2D eigenvalue weighted by atomic mass is 32.2. The molecule has 19 heteroatoms. The molecular weight excluding hydrogens is 550 g/mol. The van der Waals surface area contributed by atoms with Gasteiger partial charge in [-0.15, -0.1) is 28.2 Å². The van der Waals surface area contributed by atoms with Crippen molar-refractivity contribution in [3.8, 4) is 0 Å². The number of β-lactam (4-membered cyclic amide) rings is 1. The number of aliphatic carboxylic acids is 1. The molecule has 0 bridgehead atoms. The molecule has 0 saturated carbocycles. The number of carbonyl (C=O) groups is 3. The molecule has 198 valence electrons. The zero-order chi connectivity index (χ0) is 26.5. The van der Waals surface area contributed by atoms with Crippen LogP contribution in [0.4, 0.5) is 5.13 Å². The summed E-state index contributed by atoms with van der Waals surface area (Å²) in [5.41, 5.74) is 5.88. The van der Waals surface area contributed by atoms with Crippen molar-refractivity contribution in [1.82, 2.24) is 35.4 Å². The number of nitrogens with one attached hydrogen (secondary N) is 1. The average Bonchev–Trinajstić information content (AvgIpc) is 3.51. The van der Waals surface area contributed by atoms with Gasteiger partial charge in [-0.2, -0.15) is 0 Å². The van der Waals surface area contributed by atoms with E-state index in [0.717, 1.165) is 16.2 Å². The highest BCUT2D eigenvalue weighted by Crippen LogP contribution is 2.41. The Bertz CT molecular complexity index is 1250. The number of thioether (sulfide) groups is 2. The number of aromatic nitrogens is 5. The minimum atomic E-state index is -1.27. The van der Waals surface area contributed by atoms with Gasteiger partial charge in [-0.3, -0.25) is 14.5 Å². The Balaban J connectivity index is 1.48. The van der Waals surface area contributed by atoms with E-state index in [9.17, 15) is 19.5 Å². The third-order valence-electron chi connectivity index (χ3n) is 5.04. The van der Waals surface area contributed by atoms with Gasteiger partial charge in [-0.25, -0.2) is 14.5 Å². The Kier molecular flexibility index (Phi) is 8.59. The average molecular weight is 572 g/mol. The highest BCUT2D eigenvalue weighted by molar-refractivity contribution is 8.01. The van der Waals surface area contributed by atoms with E-state index in [-0.39, 0.29) is 54.4 Å². The van der Waals surface area contributed by atoms with Crippen LogP contribution in [-0.2, 0) is 25.8 Å². The summed E-state index contributed by atoms with van der Waals surface area (Å²) in [5, 5.41) is 46.8. The number of thiazole rings is 1. The fourth-order valence-electron chi connectivity index (χ4n) is 3.44. The number of oxime groups is 1. The molecule has 37 heavy (non-hydrogen) atoms. The van der Waals surface area contributed by atoms with Gasteiger partial charge >= 0.3 is 5.97 Å². The second-order valence-electron chi connectivity index (χ2n) is 7.38. The monoisotopic (exact) mass is 571 g/mol. The van der Waals surface area contributed by atoms with E-state index in [2.05, 4.69) is 31.0 Å². The Morgan fingerprint density at radius 2 is 2.16 bits per heavy atom. The Morgan fingerprint density at radius 3 is 2.84 bits per heavy atom. The summed E-state index contributed by atoms with van der Waals surface area (Å²) in [4.78, 5) is 48.1. The SMILES string of the molecule is Nc1nc(C(=NOCCO)C(=O)NC2C(=O)N3C(C(=O)O)=C(CSc4nnnn4CCO)CS[C@H]23)cs1. The third kappa shape index (κ3) is 5.69. The second-order valence-corrected chi connectivity index (χ2v) is 10.3. The molecule has 0 aromatic carbocycles. The standard InChI is InChI=1S/C18H21N9O7S3/c19-17-20-9(7-36-17)10(23-34-4-3-29)13(30)21-11-14(31)27-12(16(32)33)8(5-35-15(11)27)6-37-18-22-24-25-26(18)1-2-28/h7,11,15,28-29H,1-6H2,(H2,19,20)(H,21,30)(H,32,33)/t11?,15-/m1/s1. The molecule has 2 atom stereocenters. The number of nitrogens with two attached hydrogens (primary N) is 1. The highest BCUT2D eigenvalue weighted by Gasteiger charge is 2.54. The van der Waals surface area contributed by atoms with Gasteiger partial charge < -0.3 is 31.2 Å². The summed E-state index contributed by atoms with van der Waals surface area (Å²) in [6.45, 7) is -0.462. The molecule has 4 heterocycles. The van der Waals surface area contributed by atoms with Crippen LogP contribution in [0.5, 0.6) is 0 Å². The molecule has 0 spiro atoms.